The first-order valence-corrected chi connectivity index (χ1v) is 3.26. The molecule has 47 valence electrons. The second-order valence-corrected chi connectivity index (χ2v) is 2.86. The molecule has 0 amide bonds. The highest BCUT2D eigenvalue weighted by atomic mass is 31.1. The third-order valence-corrected chi connectivity index (χ3v) is 0.641. The van der Waals surface area contributed by atoms with Crippen molar-refractivity contribution in [1.29, 1.82) is 0 Å². The summed E-state index contributed by atoms with van der Waals surface area (Å²) in [5.74, 6) is 0. The molecule has 1 radical (unpaired) electrons. The highest BCUT2D eigenvalue weighted by Crippen LogP contribution is 2.12. The highest BCUT2D eigenvalue weighted by Gasteiger charge is 2.08. The maximum Gasteiger partial charge on any atom is 0.191 e. The van der Waals surface area contributed by atoms with Gasteiger partial charge in [0.1, 0.15) is 0 Å². The van der Waals surface area contributed by atoms with Crippen LogP contribution in [-0.2, 0) is 9.30 Å². The zero-order valence-corrected chi connectivity index (χ0v) is 6.24. The van der Waals surface area contributed by atoms with Gasteiger partial charge in [0, 0.05) is 0 Å². The van der Waals surface area contributed by atoms with Crippen molar-refractivity contribution < 1.29 is 9.30 Å². The number of hydrogen-bond donors (Lipinski definition) is 0. The topological polar surface area (TPSA) is 26.3 Å². The lowest BCUT2D eigenvalue weighted by Crippen LogP contribution is -2.15. The number of rotatable bonds is 2. The van der Waals surface area contributed by atoms with E-state index in [9.17, 15) is 4.57 Å². The van der Waals surface area contributed by atoms with Gasteiger partial charge in [-0.25, -0.2) is 0 Å². The van der Waals surface area contributed by atoms with Crippen molar-refractivity contribution in [3.63, 3.8) is 0 Å². The summed E-state index contributed by atoms with van der Waals surface area (Å²) in [6.07, 6.45) is 1.25. The molecule has 0 atom stereocenters. The lowest BCUT2D eigenvalue weighted by Gasteiger charge is -2.15. The normalized spacial score (nSPS) is 12.4. The molecule has 0 spiro atoms. The van der Waals surface area contributed by atoms with Gasteiger partial charge < -0.3 is 4.74 Å². The second-order valence-electron chi connectivity index (χ2n) is 2.44. The summed E-state index contributed by atoms with van der Waals surface area (Å²) >= 11 is 0. The van der Waals surface area contributed by atoms with Crippen LogP contribution in [0.1, 0.15) is 20.8 Å². The molecule has 3 heteroatoms. The Morgan fingerprint density at radius 2 is 2.00 bits per heavy atom. The summed E-state index contributed by atoms with van der Waals surface area (Å²) in [4.78, 5) is 0. The van der Waals surface area contributed by atoms with E-state index in [2.05, 4.69) is 0 Å². The van der Waals surface area contributed by atoms with Crippen LogP contribution in [0.25, 0.3) is 0 Å². The largest absolute Gasteiger partial charge is 0.357 e. The van der Waals surface area contributed by atoms with E-state index >= 15 is 0 Å². The van der Waals surface area contributed by atoms with E-state index < -0.39 is 0 Å². The summed E-state index contributed by atoms with van der Waals surface area (Å²) < 4.78 is 14.7. The van der Waals surface area contributed by atoms with E-state index in [4.69, 9.17) is 4.74 Å². The van der Waals surface area contributed by atoms with E-state index in [1.807, 2.05) is 20.8 Å². The molecule has 0 saturated heterocycles. The van der Waals surface area contributed by atoms with Gasteiger partial charge in [-0.1, -0.05) is 0 Å². The van der Waals surface area contributed by atoms with Crippen LogP contribution in [0.15, 0.2) is 0 Å². The number of hydrogen-bond acceptors (Lipinski definition) is 2. The molecule has 8 heavy (non-hydrogen) atoms. The minimum absolute atomic E-state index is 0.0673. The lowest BCUT2D eigenvalue weighted by atomic mass is 10.2. The zero-order valence-electron chi connectivity index (χ0n) is 5.34. The van der Waals surface area contributed by atoms with Crippen LogP contribution in [0.5, 0.6) is 0 Å². The standard InChI is InChI=1S/C5H10O2P/c1-5(2,3)7-4-8-6/h4H,1-3H3. The molecule has 0 aliphatic carbocycles. The molecule has 0 aromatic heterocycles. The van der Waals surface area contributed by atoms with Crippen LogP contribution in [0.2, 0.25) is 0 Å². The molecule has 2 nitrogen and oxygen atoms in total. The quantitative estimate of drug-likeness (QED) is 0.540. The van der Waals surface area contributed by atoms with Gasteiger partial charge in [0.25, 0.3) is 0 Å². The molecule has 0 heterocycles. The molecule has 0 bridgehead atoms. The van der Waals surface area contributed by atoms with Crippen LogP contribution in [0.4, 0.5) is 0 Å². The Kier molecular flexibility index (Phi) is 3.18. The molecule has 0 rings (SSSR count). The Labute approximate surface area is 51.4 Å². The van der Waals surface area contributed by atoms with Crippen molar-refractivity contribution in [2.24, 2.45) is 0 Å². The summed E-state index contributed by atoms with van der Waals surface area (Å²) in [5, 5.41) is 0. The van der Waals surface area contributed by atoms with Crippen LogP contribution >= 0.6 is 8.46 Å². The Balaban J connectivity index is 3.24. The molecule has 0 aromatic carbocycles. The van der Waals surface area contributed by atoms with E-state index in [1.165, 1.54) is 6.35 Å². The monoisotopic (exact) mass is 133 g/mol. The van der Waals surface area contributed by atoms with Gasteiger partial charge in [0.15, 0.2) is 14.8 Å². The van der Waals surface area contributed by atoms with Gasteiger partial charge in [-0.3, -0.25) is 4.57 Å². The van der Waals surface area contributed by atoms with Gasteiger partial charge in [0.2, 0.25) is 0 Å². The molecule has 0 saturated carbocycles. The molecule has 0 N–H and O–H groups in total. The van der Waals surface area contributed by atoms with Gasteiger partial charge in [-0.05, 0) is 20.8 Å². The summed E-state index contributed by atoms with van der Waals surface area (Å²) in [6.45, 7) is 5.69. The first-order valence-electron chi connectivity index (χ1n) is 2.38. The first-order chi connectivity index (χ1) is 3.56. The molecule has 0 unspecified atom stereocenters. The van der Waals surface area contributed by atoms with Crippen molar-refractivity contribution in [1.82, 2.24) is 0 Å². The molecule has 0 aliphatic rings. The fraction of sp³-hybridized carbons (Fsp3) is 0.800. The van der Waals surface area contributed by atoms with Crippen LogP contribution in [0.3, 0.4) is 0 Å². The Morgan fingerprint density at radius 1 is 1.50 bits per heavy atom. The van der Waals surface area contributed by atoms with Crippen LogP contribution in [-0.4, -0.2) is 5.60 Å². The maximum atomic E-state index is 9.77. The Hall–Kier alpha value is 0.0600. The molecule has 0 fully saturated rings. The highest BCUT2D eigenvalue weighted by molar-refractivity contribution is 7.26. The number of ether oxygens (including phenoxy) is 1. The zero-order chi connectivity index (χ0) is 6.62. The summed E-state index contributed by atoms with van der Waals surface area (Å²) in [7, 11) is -0.0673. The average molecular weight is 133 g/mol. The predicted molar refractivity (Wildman–Crippen MR) is 32.7 cm³/mol. The summed E-state index contributed by atoms with van der Waals surface area (Å²) in [6, 6.07) is 0. The Bertz CT molecular complexity index is 75.0. The fourth-order valence-corrected chi connectivity index (χ4v) is 0.539. The predicted octanol–water partition coefficient (Wildman–Crippen LogP) is 2.21. The van der Waals surface area contributed by atoms with Crippen molar-refractivity contribution >= 4 is 8.46 Å². The molecular formula is C5H10O2P. The van der Waals surface area contributed by atoms with Crippen molar-refractivity contribution in [3.8, 4) is 0 Å². The van der Waals surface area contributed by atoms with Crippen molar-refractivity contribution in [2.75, 3.05) is 0 Å². The van der Waals surface area contributed by atoms with Crippen molar-refractivity contribution in [2.45, 2.75) is 26.4 Å². The fourth-order valence-electron chi connectivity index (χ4n) is 0.180. The van der Waals surface area contributed by atoms with Crippen LogP contribution < -0.4 is 0 Å². The molecule has 0 aromatic rings. The van der Waals surface area contributed by atoms with Gasteiger partial charge in [-0.15, -0.1) is 0 Å². The average Bonchev–Trinajstić information content (AvgIpc) is 1.59. The van der Waals surface area contributed by atoms with E-state index in [-0.39, 0.29) is 14.1 Å². The molecule has 0 aliphatic heterocycles. The van der Waals surface area contributed by atoms with E-state index in [0.717, 1.165) is 0 Å². The minimum atomic E-state index is -0.211. The Morgan fingerprint density at radius 3 is 2.12 bits per heavy atom. The minimum Gasteiger partial charge on any atom is -0.357 e. The van der Waals surface area contributed by atoms with E-state index in [1.54, 1.807) is 0 Å². The second kappa shape index (κ2) is 3.16. The van der Waals surface area contributed by atoms with Crippen LogP contribution in [0, 0.1) is 6.35 Å². The van der Waals surface area contributed by atoms with Crippen molar-refractivity contribution in [3.05, 3.63) is 6.35 Å². The van der Waals surface area contributed by atoms with Gasteiger partial charge in [0.05, 0.1) is 5.60 Å². The molecular weight excluding hydrogens is 123 g/mol. The third-order valence-electron chi connectivity index (χ3n) is 0.449. The first kappa shape index (κ1) is 8.06. The maximum absolute atomic E-state index is 9.77. The van der Waals surface area contributed by atoms with E-state index in [0.29, 0.717) is 0 Å². The van der Waals surface area contributed by atoms with Gasteiger partial charge in [-0.2, -0.15) is 0 Å². The van der Waals surface area contributed by atoms with Gasteiger partial charge >= 0.3 is 0 Å². The SMILES string of the molecule is CC(C)(C)O[CH]P=O. The smallest absolute Gasteiger partial charge is 0.191 e. The third kappa shape index (κ3) is 6.06. The lowest BCUT2D eigenvalue weighted by molar-refractivity contribution is 0.0615. The summed E-state index contributed by atoms with van der Waals surface area (Å²) in [5.41, 5.74) is -0.211.